The Morgan fingerprint density at radius 2 is 1.81 bits per heavy atom. The molecule has 7 heteroatoms. The highest BCUT2D eigenvalue weighted by Crippen LogP contribution is 2.32. The van der Waals surface area contributed by atoms with Crippen LogP contribution in [0, 0.1) is 5.82 Å². The van der Waals surface area contributed by atoms with Crippen molar-refractivity contribution in [2.45, 2.75) is 63.5 Å². The van der Waals surface area contributed by atoms with Gasteiger partial charge < -0.3 is 10.6 Å². The van der Waals surface area contributed by atoms with Crippen LogP contribution in [0.4, 0.5) is 9.18 Å². The Kier molecular flexibility index (Phi) is 5.77. The van der Waals surface area contributed by atoms with E-state index in [0.717, 1.165) is 30.6 Å². The summed E-state index contributed by atoms with van der Waals surface area (Å²) in [6, 6.07) is 5.01. The minimum Gasteiger partial charge on any atom is -0.352 e. The molecule has 0 bridgehead atoms. The molecule has 6 nitrogen and oxygen atoms in total. The molecule has 146 valence electrons. The van der Waals surface area contributed by atoms with Crippen molar-refractivity contribution in [2.24, 2.45) is 0 Å². The topological polar surface area (TPSA) is 78.5 Å². The maximum absolute atomic E-state index is 13.2. The van der Waals surface area contributed by atoms with Gasteiger partial charge in [-0.3, -0.25) is 14.5 Å². The van der Waals surface area contributed by atoms with Crippen molar-refractivity contribution in [1.29, 1.82) is 0 Å². The molecule has 1 aliphatic carbocycles. The summed E-state index contributed by atoms with van der Waals surface area (Å²) in [5.74, 6) is -1.21. The molecule has 0 aromatic heterocycles. The van der Waals surface area contributed by atoms with Gasteiger partial charge in [-0.25, -0.2) is 9.18 Å². The highest BCUT2D eigenvalue weighted by atomic mass is 19.1. The number of carbonyl (C=O) groups is 3. The Labute approximate surface area is 158 Å². The van der Waals surface area contributed by atoms with Crippen LogP contribution in [-0.4, -0.2) is 35.3 Å². The summed E-state index contributed by atoms with van der Waals surface area (Å²) in [6.45, 7) is 1.47. The van der Waals surface area contributed by atoms with E-state index in [2.05, 4.69) is 10.6 Å². The average molecular weight is 375 g/mol. The molecule has 2 aliphatic rings. The summed E-state index contributed by atoms with van der Waals surface area (Å²) < 4.78 is 13.2. The smallest absolute Gasteiger partial charge is 0.325 e. The quantitative estimate of drug-likeness (QED) is 0.614. The van der Waals surface area contributed by atoms with E-state index < -0.39 is 23.3 Å². The number of imide groups is 1. The lowest BCUT2D eigenvalue weighted by molar-refractivity contribution is -0.135. The van der Waals surface area contributed by atoms with E-state index in [4.69, 9.17) is 0 Å². The normalized spacial score (nSPS) is 23.9. The number of nitrogens with zero attached hydrogens (tertiary/aromatic N) is 1. The van der Waals surface area contributed by atoms with Crippen LogP contribution in [0.3, 0.4) is 0 Å². The van der Waals surface area contributed by atoms with Crippen molar-refractivity contribution >= 4 is 17.8 Å². The van der Waals surface area contributed by atoms with Gasteiger partial charge in [-0.05, 0) is 37.0 Å². The predicted molar refractivity (Wildman–Crippen MR) is 98.2 cm³/mol. The summed E-state index contributed by atoms with van der Waals surface area (Å²) in [5.41, 5.74) is -0.746. The molecule has 3 rings (SSSR count). The lowest BCUT2D eigenvalue weighted by Crippen LogP contribution is -2.46. The summed E-state index contributed by atoms with van der Waals surface area (Å²) in [6.07, 6.45) is 6.69. The molecule has 1 saturated carbocycles. The number of rotatable bonds is 5. The predicted octanol–water partition coefficient (Wildman–Crippen LogP) is 2.82. The molecule has 0 unspecified atom stereocenters. The number of carbonyl (C=O) groups excluding carboxylic acids is 3. The van der Waals surface area contributed by atoms with E-state index in [1.54, 1.807) is 6.92 Å². The van der Waals surface area contributed by atoms with Crippen LogP contribution in [0.2, 0.25) is 0 Å². The van der Waals surface area contributed by atoms with Crippen LogP contribution in [0.15, 0.2) is 24.3 Å². The number of nitrogens with one attached hydrogen (secondary N) is 2. The molecule has 1 heterocycles. The Morgan fingerprint density at radius 1 is 1.19 bits per heavy atom. The first kappa shape index (κ1) is 19.3. The van der Waals surface area contributed by atoms with Gasteiger partial charge in [0, 0.05) is 6.04 Å². The monoisotopic (exact) mass is 375 g/mol. The van der Waals surface area contributed by atoms with E-state index in [0.29, 0.717) is 12.0 Å². The van der Waals surface area contributed by atoms with Crippen molar-refractivity contribution < 1.29 is 18.8 Å². The molecule has 2 fully saturated rings. The van der Waals surface area contributed by atoms with Gasteiger partial charge in [0.2, 0.25) is 5.91 Å². The van der Waals surface area contributed by atoms with Gasteiger partial charge in [0.25, 0.3) is 5.91 Å². The van der Waals surface area contributed by atoms with Crippen LogP contribution in [-0.2, 0) is 15.1 Å². The van der Waals surface area contributed by atoms with Crippen LogP contribution in [0.5, 0.6) is 0 Å². The Hall–Kier alpha value is -2.44. The van der Waals surface area contributed by atoms with Gasteiger partial charge in [-0.15, -0.1) is 0 Å². The van der Waals surface area contributed by atoms with Crippen molar-refractivity contribution in [2.75, 3.05) is 6.54 Å². The average Bonchev–Trinajstić information content (AvgIpc) is 2.83. The Bertz CT molecular complexity index is 714. The molecule has 4 amide bonds. The van der Waals surface area contributed by atoms with Crippen LogP contribution in [0.25, 0.3) is 0 Å². The fourth-order valence-corrected chi connectivity index (χ4v) is 3.98. The minimum atomic E-state index is -1.26. The summed E-state index contributed by atoms with van der Waals surface area (Å²) in [5, 5.41) is 5.66. The Balaban J connectivity index is 1.71. The second-order valence-corrected chi connectivity index (χ2v) is 7.34. The van der Waals surface area contributed by atoms with Crippen molar-refractivity contribution in [3.63, 3.8) is 0 Å². The number of hydrogen-bond donors (Lipinski definition) is 2. The first-order valence-electron chi connectivity index (χ1n) is 9.66. The molecule has 0 radical (unpaired) electrons. The summed E-state index contributed by atoms with van der Waals surface area (Å²) in [4.78, 5) is 38.8. The molecule has 1 aromatic carbocycles. The third-order valence-electron chi connectivity index (χ3n) is 5.57. The van der Waals surface area contributed by atoms with Gasteiger partial charge in [-0.2, -0.15) is 0 Å². The first-order valence-corrected chi connectivity index (χ1v) is 9.66. The lowest BCUT2D eigenvalue weighted by atomic mass is 9.87. The van der Waals surface area contributed by atoms with E-state index in [-0.39, 0.29) is 18.5 Å². The van der Waals surface area contributed by atoms with Crippen LogP contribution < -0.4 is 10.6 Å². The Morgan fingerprint density at radius 3 is 2.41 bits per heavy atom. The van der Waals surface area contributed by atoms with Crippen molar-refractivity contribution in [3.8, 4) is 0 Å². The van der Waals surface area contributed by atoms with Crippen molar-refractivity contribution in [3.05, 3.63) is 35.6 Å². The molecule has 1 saturated heterocycles. The van der Waals surface area contributed by atoms with Crippen LogP contribution in [0.1, 0.15) is 57.4 Å². The highest BCUT2D eigenvalue weighted by molar-refractivity contribution is 6.09. The summed E-state index contributed by atoms with van der Waals surface area (Å²) >= 11 is 0. The highest BCUT2D eigenvalue weighted by Gasteiger charge is 2.51. The van der Waals surface area contributed by atoms with Gasteiger partial charge in [0.1, 0.15) is 17.9 Å². The maximum atomic E-state index is 13.2. The molecule has 27 heavy (non-hydrogen) atoms. The SMILES string of the molecule is CC[C@@]1(c2ccc(F)cc2)NC(=O)N(CC(=O)NC2CCCCCC2)C1=O. The largest absolute Gasteiger partial charge is 0.352 e. The lowest BCUT2D eigenvalue weighted by Gasteiger charge is -2.26. The van der Waals surface area contributed by atoms with E-state index in [1.165, 1.54) is 37.1 Å². The van der Waals surface area contributed by atoms with Crippen LogP contribution >= 0.6 is 0 Å². The fourth-order valence-electron chi connectivity index (χ4n) is 3.98. The summed E-state index contributed by atoms with van der Waals surface area (Å²) in [7, 11) is 0. The fraction of sp³-hybridized carbons (Fsp3) is 0.550. The third kappa shape index (κ3) is 3.96. The zero-order chi connectivity index (χ0) is 19.4. The molecule has 1 aromatic rings. The number of urea groups is 1. The van der Waals surface area contributed by atoms with Gasteiger partial charge in [0.15, 0.2) is 0 Å². The number of halogens is 1. The third-order valence-corrected chi connectivity index (χ3v) is 5.57. The standard InChI is InChI=1S/C20H26FN3O3/c1-2-20(14-9-11-15(21)12-10-14)18(26)24(19(27)23-20)13-17(25)22-16-7-5-3-4-6-8-16/h9-12,16H,2-8,13H2,1H3,(H,22,25)(H,23,27)/t20-/m0/s1. The maximum Gasteiger partial charge on any atom is 0.325 e. The van der Waals surface area contributed by atoms with E-state index in [1.807, 2.05) is 0 Å². The van der Waals surface area contributed by atoms with Gasteiger partial charge in [-0.1, -0.05) is 44.7 Å². The second-order valence-electron chi connectivity index (χ2n) is 7.34. The minimum absolute atomic E-state index is 0.105. The second kappa shape index (κ2) is 8.06. The van der Waals surface area contributed by atoms with Gasteiger partial charge >= 0.3 is 6.03 Å². The zero-order valence-electron chi connectivity index (χ0n) is 15.6. The molecule has 0 spiro atoms. The van der Waals surface area contributed by atoms with E-state index >= 15 is 0 Å². The molecule has 1 aliphatic heterocycles. The number of amides is 4. The molecule has 1 atom stereocenters. The number of hydrogen-bond acceptors (Lipinski definition) is 3. The number of benzene rings is 1. The first-order chi connectivity index (χ1) is 13.0. The van der Waals surface area contributed by atoms with Gasteiger partial charge in [0.05, 0.1) is 0 Å². The molecular formula is C20H26FN3O3. The molecular weight excluding hydrogens is 349 g/mol. The van der Waals surface area contributed by atoms with Crippen molar-refractivity contribution in [1.82, 2.24) is 15.5 Å². The van der Waals surface area contributed by atoms with E-state index in [9.17, 15) is 18.8 Å². The zero-order valence-corrected chi connectivity index (χ0v) is 15.6. The molecule has 2 N–H and O–H groups in total.